The van der Waals surface area contributed by atoms with Crippen LogP contribution >= 0.6 is 11.3 Å². The lowest BCUT2D eigenvalue weighted by atomic mass is 10.1. The molecule has 3 rings (SSSR count). The molecule has 0 aliphatic carbocycles. The summed E-state index contributed by atoms with van der Waals surface area (Å²) in [5.74, 6) is 0. The number of nitrogens with one attached hydrogen (secondary N) is 2. The fourth-order valence-electron chi connectivity index (χ4n) is 2.25. The number of hydrogen-bond acceptors (Lipinski definition) is 4. The molecular weight excluding hydrogens is 387 g/mol. The Bertz CT molecular complexity index is 1050. The molecule has 0 bridgehead atoms. The van der Waals surface area contributed by atoms with E-state index in [1.165, 1.54) is 12.1 Å². The van der Waals surface area contributed by atoms with Gasteiger partial charge in [-0.2, -0.15) is 18.3 Å². The monoisotopic (exact) mass is 401 g/mol. The first-order valence-corrected chi connectivity index (χ1v) is 9.70. The van der Waals surface area contributed by atoms with Crippen molar-refractivity contribution in [2.45, 2.75) is 24.2 Å². The van der Waals surface area contributed by atoms with E-state index in [4.69, 9.17) is 0 Å². The van der Waals surface area contributed by atoms with Crippen molar-refractivity contribution in [3.8, 4) is 10.6 Å². The topological polar surface area (TPSA) is 74.8 Å². The molecule has 0 amide bonds. The van der Waals surface area contributed by atoms with Crippen LogP contribution in [0.3, 0.4) is 0 Å². The standard InChI is InChI=1S/C16H14F3N3O2S2/c1-9-4-3-5-11(10(9)2)22-26(23,24)15-7-6-13(25-15)12-8-14(21-20-12)16(17,18)19/h3-8,22H,1-2H3,(H,20,21). The Morgan fingerprint density at radius 3 is 2.54 bits per heavy atom. The number of nitrogens with zero attached hydrogens (tertiary/aromatic N) is 1. The third-order valence-electron chi connectivity index (χ3n) is 3.83. The first-order chi connectivity index (χ1) is 12.1. The van der Waals surface area contributed by atoms with Crippen LogP contribution in [0.4, 0.5) is 18.9 Å². The van der Waals surface area contributed by atoms with Crippen molar-refractivity contribution in [2.24, 2.45) is 0 Å². The van der Waals surface area contributed by atoms with Crippen molar-refractivity contribution in [1.29, 1.82) is 0 Å². The summed E-state index contributed by atoms with van der Waals surface area (Å²) in [6, 6.07) is 8.88. The van der Waals surface area contributed by atoms with Crippen LogP contribution in [0.1, 0.15) is 16.8 Å². The van der Waals surface area contributed by atoms with Crippen LogP contribution in [0.15, 0.2) is 40.6 Å². The minimum Gasteiger partial charge on any atom is -0.279 e. The van der Waals surface area contributed by atoms with Gasteiger partial charge in [-0.05, 0) is 49.2 Å². The van der Waals surface area contributed by atoms with Crippen LogP contribution in [0.2, 0.25) is 0 Å². The smallest absolute Gasteiger partial charge is 0.279 e. The van der Waals surface area contributed by atoms with Crippen LogP contribution in [0.25, 0.3) is 10.6 Å². The van der Waals surface area contributed by atoms with Crippen LogP contribution in [0, 0.1) is 13.8 Å². The SMILES string of the molecule is Cc1cccc(NS(=O)(=O)c2ccc(-c3cc(C(F)(F)F)[nH]n3)s2)c1C. The minimum absolute atomic E-state index is 0.00929. The normalized spacial score (nSPS) is 12.3. The predicted octanol–water partition coefficient (Wildman–Crippen LogP) is 4.57. The van der Waals surface area contributed by atoms with E-state index in [1.54, 1.807) is 19.1 Å². The first-order valence-electron chi connectivity index (χ1n) is 7.40. The number of anilines is 1. The van der Waals surface area contributed by atoms with Gasteiger partial charge in [0.1, 0.15) is 15.6 Å². The van der Waals surface area contributed by atoms with Gasteiger partial charge < -0.3 is 0 Å². The Labute approximate surface area is 151 Å². The zero-order valence-electron chi connectivity index (χ0n) is 13.7. The van der Waals surface area contributed by atoms with Crippen molar-refractivity contribution in [1.82, 2.24) is 10.2 Å². The average Bonchev–Trinajstić information content (AvgIpc) is 3.19. The summed E-state index contributed by atoms with van der Waals surface area (Å²) in [7, 11) is -3.85. The summed E-state index contributed by atoms with van der Waals surface area (Å²) < 4.78 is 65.6. The lowest BCUT2D eigenvalue weighted by molar-refractivity contribution is -0.141. The number of hydrogen-bond donors (Lipinski definition) is 2. The van der Waals surface area contributed by atoms with Gasteiger partial charge in [0.05, 0.1) is 10.6 Å². The Morgan fingerprint density at radius 2 is 1.88 bits per heavy atom. The fourth-order valence-corrected chi connectivity index (χ4v) is 4.64. The maximum Gasteiger partial charge on any atom is 0.432 e. The number of rotatable bonds is 4. The van der Waals surface area contributed by atoms with E-state index in [0.717, 1.165) is 28.5 Å². The molecule has 2 N–H and O–H groups in total. The van der Waals surface area contributed by atoms with E-state index >= 15 is 0 Å². The maximum absolute atomic E-state index is 12.7. The third-order valence-corrected chi connectivity index (χ3v) is 6.80. The van der Waals surface area contributed by atoms with Crippen molar-refractivity contribution in [2.75, 3.05) is 4.72 Å². The molecule has 0 fully saturated rings. The second kappa shape index (κ2) is 6.44. The highest BCUT2D eigenvalue weighted by Gasteiger charge is 2.33. The number of aromatic nitrogens is 2. The number of benzene rings is 1. The molecule has 26 heavy (non-hydrogen) atoms. The van der Waals surface area contributed by atoms with Crippen LogP contribution in [-0.4, -0.2) is 18.6 Å². The zero-order valence-corrected chi connectivity index (χ0v) is 15.3. The molecule has 0 unspecified atom stereocenters. The highest BCUT2D eigenvalue weighted by molar-refractivity contribution is 7.94. The molecule has 1 aromatic carbocycles. The molecule has 0 aliphatic heterocycles. The molecule has 138 valence electrons. The van der Waals surface area contributed by atoms with Gasteiger partial charge in [-0.3, -0.25) is 9.82 Å². The summed E-state index contributed by atoms with van der Waals surface area (Å²) in [5.41, 5.74) is 1.25. The van der Waals surface area contributed by atoms with Crippen LogP contribution < -0.4 is 4.72 Å². The molecule has 10 heteroatoms. The lowest BCUT2D eigenvalue weighted by Crippen LogP contribution is -2.12. The second-order valence-corrected chi connectivity index (χ2v) is 8.63. The van der Waals surface area contributed by atoms with Gasteiger partial charge in [0, 0.05) is 0 Å². The summed E-state index contributed by atoms with van der Waals surface area (Å²) in [5, 5.41) is 5.52. The highest BCUT2D eigenvalue weighted by atomic mass is 32.2. The summed E-state index contributed by atoms with van der Waals surface area (Å²) in [4.78, 5) is 0.318. The Hall–Kier alpha value is -2.33. The van der Waals surface area contributed by atoms with Gasteiger partial charge in [0.15, 0.2) is 0 Å². The van der Waals surface area contributed by atoms with Gasteiger partial charge in [-0.25, -0.2) is 8.42 Å². The van der Waals surface area contributed by atoms with E-state index < -0.39 is 21.9 Å². The molecule has 0 saturated heterocycles. The number of thiophene rings is 1. The molecule has 2 heterocycles. The molecule has 0 aliphatic rings. The maximum atomic E-state index is 12.7. The summed E-state index contributed by atoms with van der Waals surface area (Å²) >= 11 is 0.846. The summed E-state index contributed by atoms with van der Waals surface area (Å²) in [6.45, 7) is 3.67. The number of halogens is 3. The van der Waals surface area contributed by atoms with Crippen molar-refractivity contribution < 1.29 is 21.6 Å². The van der Waals surface area contributed by atoms with Crippen molar-refractivity contribution in [3.05, 3.63) is 53.2 Å². The third kappa shape index (κ3) is 3.61. The Kier molecular flexibility index (Phi) is 4.57. The van der Waals surface area contributed by atoms with Gasteiger partial charge >= 0.3 is 6.18 Å². The highest BCUT2D eigenvalue weighted by Crippen LogP contribution is 2.34. The number of alkyl halides is 3. The van der Waals surface area contributed by atoms with Gasteiger partial charge in [0.25, 0.3) is 10.0 Å². The van der Waals surface area contributed by atoms with E-state index in [0.29, 0.717) is 10.6 Å². The molecule has 2 aromatic heterocycles. The van der Waals surface area contributed by atoms with Crippen LogP contribution in [-0.2, 0) is 16.2 Å². The molecule has 0 atom stereocenters. The van der Waals surface area contributed by atoms with Gasteiger partial charge in [-0.15, -0.1) is 11.3 Å². The van der Waals surface area contributed by atoms with E-state index in [2.05, 4.69) is 9.82 Å². The quantitative estimate of drug-likeness (QED) is 0.672. The van der Waals surface area contributed by atoms with E-state index in [9.17, 15) is 21.6 Å². The lowest BCUT2D eigenvalue weighted by Gasteiger charge is -2.10. The second-order valence-electron chi connectivity index (χ2n) is 5.64. The Balaban J connectivity index is 1.89. The van der Waals surface area contributed by atoms with Gasteiger partial charge in [-0.1, -0.05) is 12.1 Å². The van der Waals surface area contributed by atoms with Crippen molar-refractivity contribution >= 4 is 27.0 Å². The summed E-state index contributed by atoms with van der Waals surface area (Å²) in [6.07, 6.45) is -4.54. The largest absolute Gasteiger partial charge is 0.432 e. The molecule has 0 radical (unpaired) electrons. The number of aromatic amines is 1. The molecular formula is C16H14F3N3O2S2. The number of aryl methyl sites for hydroxylation is 1. The van der Waals surface area contributed by atoms with Crippen LogP contribution in [0.5, 0.6) is 0 Å². The fraction of sp³-hybridized carbons (Fsp3) is 0.188. The first kappa shape index (κ1) is 18.5. The van der Waals surface area contributed by atoms with E-state index in [1.807, 2.05) is 18.1 Å². The zero-order chi connectivity index (χ0) is 19.1. The van der Waals surface area contributed by atoms with Gasteiger partial charge in [0.2, 0.25) is 0 Å². The Morgan fingerprint density at radius 1 is 1.15 bits per heavy atom. The van der Waals surface area contributed by atoms with E-state index in [-0.39, 0.29) is 9.90 Å². The van der Waals surface area contributed by atoms with Crippen molar-refractivity contribution in [3.63, 3.8) is 0 Å². The number of sulfonamides is 1. The molecule has 0 saturated carbocycles. The average molecular weight is 401 g/mol. The number of H-pyrrole nitrogens is 1. The minimum atomic E-state index is -4.54. The molecule has 0 spiro atoms. The molecule has 3 aromatic rings. The molecule has 5 nitrogen and oxygen atoms in total. The predicted molar refractivity (Wildman–Crippen MR) is 93.6 cm³/mol.